The van der Waals surface area contributed by atoms with Crippen molar-refractivity contribution in [1.29, 1.82) is 5.26 Å². The van der Waals surface area contributed by atoms with Gasteiger partial charge in [-0.15, -0.1) is 0 Å². The maximum Gasteiger partial charge on any atom is 0.135 e. The zero-order valence-corrected chi connectivity index (χ0v) is 25.2. The van der Waals surface area contributed by atoms with Crippen LogP contribution in [0.5, 0.6) is 0 Å². The summed E-state index contributed by atoms with van der Waals surface area (Å²) < 4.78 is 10.9. The summed E-state index contributed by atoms with van der Waals surface area (Å²) in [6.07, 6.45) is 0. The van der Waals surface area contributed by atoms with E-state index in [1.165, 1.54) is 32.6 Å². The molecule has 3 heterocycles. The Kier molecular flexibility index (Phi) is 5.32. The molecule has 0 radical (unpaired) electrons. The molecule has 0 aliphatic rings. The first-order chi connectivity index (χ1) is 23.3. The Labute approximate surface area is 269 Å². The van der Waals surface area contributed by atoms with Gasteiger partial charge in [0.05, 0.1) is 33.3 Å². The highest BCUT2D eigenvalue weighted by molar-refractivity contribution is 6.12. The van der Waals surface area contributed by atoms with Gasteiger partial charge in [0, 0.05) is 43.6 Å². The summed E-state index contributed by atoms with van der Waals surface area (Å²) >= 11 is 0. The lowest BCUT2D eigenvalue weighted by atomic mass is 9.97. The molecular weight excluding hydrogens is 574 g/mol. The molecule has 0 fully saturated rings. The third kappa shape index (κ3) is 3.63. The van der Waals surface area contributed by atoms with Crippen LogP contribution >= 0.6 is 0 Å². The first kappa shape index (κ1) is 25.7. The lowest BCUT2D eigenvalue weighted by molar-refractivity contribution is 0.669. The molecule has 4 heteroatoms. The molecule has 0 aliphatic carbocycles. The van der Waals surface area contributed by atoms with Crippen molar-refractivity contribution in [1.82, 2.24) is 9.13 Å². The van der Waals surface area contributed by atoms with Gasteiger partial charge in [-0.2, -0.15) is 5.26 Å². The number of nitriles is 1. The Bertz CT molecular complexity index is 2820. The number of aromatic nitrogens is 2. The van der Waals surface area contributed by atoms with Crippen molar-refractivity contribution in [2.24, 2.45) is 0 Å². The fourth-order valence-corrected chi connectivity index (χ4v) is 7.54. The maximum absolute atomic E-state index is 10.7. The van der Waals surface area contributed by atoms with Gasteiger partial charge in [-0.1, -0.05) is 91.0 Å². The predicted octanol–water partition coefficient (Wildman–Crippen LogP) is 11.3. The minimum absolute atomic E-state index is 0.636. The average Bonchev–Trinajstić information content (AvgIpc) is 3.78. The Balaban J connectivity index is 1.18. The van der Waals surface area contributed by atoms with Crippen LogP contribution in [0, 0.1) is 11.3 Å². The standard InChI is InChI=1S/C43H25N3O/c44-26-36-29(14-9-19-41(36)46-39-17-7-3-12-32(39)33-13-4-8-18-40(33)46)27-20-22-42-34(24-27)35-25-28(21-23-43(35)47-42)45-37-15-5-1-10-30(37)31-11-2-6-16-38(31)45/h1-25H. The van der Waals surface area contributed by atoms with Crippen molar-refractivity contribution in [3.05, 3.63) is 157 Å². The van der Waals surface area contributed by atoms with Crippen molar-refractivity contribution in [2.45, 2.75) is 0 Å². The first-order valence-corrected chi connectivity index (χ1v) is 15.8. The van der Waals surface area contributed by atoms with E-state index < -0.39 is 0 Å². The second-order valence-corrected chi connectivity index (χ2v) is 12.0. The zero-order chi connectivity index (χ0) is 31.1. The van der Waals surface area contributed by atoms with Gasteiger partial charge in [-0.05, 0) is 66.2 Å². The Morgan fingerprint density at radius 2 is 0.957 bits per heavy atom. The van der Waals surface area contributed by atoms with Crippen LogP contribution in [0.15, 0.2) is 156 Å². The van der Waals surface area contributed by atoms with E-state index in [9.17, 15) is 5.26 Å². The van der Waals surface area contributed by atoms with E-state index in [-0.39, 0.29) is 0 Å². The third-order valence-electron chi connectivity index (χ3n) is 9.58. The predicted molar refractivity (Wildman–Crippen MR) is 193 cm³/mol. The highest BCUT2D eigenvalue weighted by Gasteiger charge is 2.19. The van der Waals surface area contributed by atoms with E-state index in [1.54, 1.807) is 0 Å². The molecule has 0 atom stereocenters. The lowest BCUT2D eigenvalue weighted by Gasteiger charge is -2.13. The molecule has 0 amide bonds. The van der Waals surface area contributed by atoms with Gasteiger partial charge in [0.1, 0.15) is 17.2 Å². The molecule has 47 heavy (non-hydrogen) atoms. The summed E-state index contributed by atoms with van der Waals surface area (Å²) in [5.41, 5.74) is 10.6. The maximum atomic E-state index is 10.7. The van der Waals surface area contributed by atoms with Crippen LogP contribution in [0.2, 0.25) is 0 Å². The SMILES string of the molecule is N#Cc1c(-c2ccc3oc4ccc(-n5c6ccccc6c6ccccc65)cc4c3c2)cccc1-n1c2ccccc2c2ccccc21. The molecule has 7 aromatic carbocycles. The zero-order valence-electron chi connectivity index (χ0n) is 25.2. The van der Waals surface area contributed by atoms with Crippen molar-refractivity contribution >= 4 is 65.6 Å². The number of furan rings is 1. The molecule has 0 spiro atoms. The van der Waals surface area contributed by atoms with E-state index in [0.717, 1.165) is 55.5 Å². The minimum atomic E-state index is 0.636. The van der Waals surface area contributed by atoms with E-state index in [1.807, 2.05) is 24.3 Å². The largest absolute Gasteiger partial charge is 0.456 e. The fourth-order valence-electron chi connectivity index (χ4n) is 7.54. The van der Waals surface area contributed by atoms with Crippen LogP contribution in [0.25, 0.3) is 88.1 Å². The molecule has 10 aromatic rings. The molecular formula is C43H25N3O. The first-order valence-electron chi connectivity index (χ1n) is 15.8. The van der Waals surface area contributed by atoms with Crippen LogP contribution in [0.3, 0.4) is 0 Å². The lowest BCUT2D eigenvalue weighted by Crippen LogP contribution is -1.99. The molecule has 0 saturated carbocycles. The molecule has 0 saturated heterocycles. The van der Waals surface area contributed by atoms with Crippen molar-refractivity contribution in [2.75, 3.05) is 0 Å². The highest BCUT2D eigenvalue weighted by Crippen LogP contribution is 2.39. The molecule has 3 aromatic heterocycles. The quantitative estimate of drug-likeness (QED) is 0.203. The van der Waals surface area contributed by atoms with Gasteiger partial charge in [-0.25, -0.2) is 0 Å². The van der Waals surface area contributed by atoms with Gasteiger partial charge < -0.3 is 13.6 Å². The Hall–Kier alpha value is -6.57. The average molecular weight is 600 g/mol. The van der Waals surface area contributed by atoms with Gasteiger partial charge in [0.2, 0.25) is 0 Å². The van der Waals surface area contributed by atoms with Crippen LogP contribution < -0.4 is 0 Å². The second kappa shape index (κ2) is 9.71. The number of para-hydroxylation sites is 4. The van der Waals surface area contributed by atoms with E-state index >= 15 is 0 Å². The summed E-state index contributed by atoms with van der Waals surface area (Å²) in [5.74, 6) is 0. The van der Waals surface area contributed by atoms with Crippen molar-refractivity contribution < 1.29 is 4.42 Å². The minimum Gasteiger partial charge on any atom is -0.456 e. The van der Waals surface area contributed by atoms with E-state index in [0.29, 0.717) is 5.56 Å². The smallest absolute Gasteiger partial charge is 0.135 e. The van der Waals surface area contributed by atoms with Crippen LogP contribution in [0.4, 0.5) is 0 Å². The Morgan fingerprint density at radius 1 is 0.447 bits per heavy atom. The number of nitrogens with zero attached hydrogens (tertiary/aromatic N) is 3. The van der Waals surface area contributed by atoms with E-state index in [2.05, 4.69) is 143 Å². The number of benzene rings is 7. The molecule has 218 valence electrons. The van der Waals surface area contributed by atoms with Gasteiger partial charge in [0.15, 0.2) is 0 Å². The van der Waals surface area contributed by atoms with Crippen LogP contribution in [-0.2, 0) is 0 Å². The molecule has 0 aliphatic heterocycles. The number of hydrogen-bond donors (Lipinski definition) is 0. The molecule has 10 rings (SSSR count). The van der Waals surface area contributed by atoms with E-state index in [4.69, 9.17) is 4.42 Å². The third-order valence-corrected chi connectivity index (χ3v) is 9.58. The van der Waals surface area contributed by atoms with Gasteiger partial charge >= 0.3 is 0 Å². The van der Waals surface area contributed by atoms with Gasteiger partial charge in [-0.3, -0.25) is 0 Å². The molecule has 0 unspecified atom stereocenters. The number of hydrogen-bond acceptors (Lipinski definition) is 2. The van der Waals surface area contributed by atoms with Gasteiger partial charge in [0.25, 0.3) is 0 Å². The topological polar surface area (TPSA) is 46.8 Å². The summed E-state index contributed by atoms with van der Waals surface area (Å²) in [6, 6.07) is 55.3. The molecule has 0 bridgehead atoms. The summed E-state index contributed by atoms with van der Waals surface area (Å²) in [6.45, 7) is 0. The normalized spacial score (nSPS) is 11.8. The summed E-state index contributed by atoms with van der Waals surface area (Å²) in [7, 11) is 0. The second-order valence-electron chi connectivity index (χ2n) is 12.0. The fraction of sp³-hybridized carbons (Fsp3) is 0. The van der Waals surface area contributed by atoms with Crippen molar-refractivity contribution in [3.63, 3.8) is 0 Å². The van der Waals surface area contributed by atoms with Crippen LogP contribution in [0.1, 0.15) is 5.56 Å². The summed E-state index contributed by atoms with van der Waals surface area (Å²) in [4.78, 5) is 0. The Morgan fingerprint density at radius 3 is 1.53 bits per heavy atom. The number of rotatable bonds is 3. The molecule has 4 nitrogen and oxygen atoms in total. The monoisotopic (exact) mass is 599 g/mol. The number of fused-ring (bicyclic) bond motifs is 9. The van der Waals surface area contributed by atoms with Crippen LogP contribution in [-0.4, -0.2) is 9.13 Å². The summed E-state index contributed by atoms with van der Waals surface area (Å²) in [5, 5.41) is 17.5. The molecule has 0 N–H and O–H groups in total. The van der Waals surface area contributed by atoms with Crippen molar-refractivity contribution in [3.8, 4) is 28.6 Å². The highest BCUT2D eigenvalue weighted by atomic mass is 16.3.